The zero-order valence-corrected chi connectivity index (χ0v) is 14.4. The van der Waals surface area contributed by atoms with Gasteiger partial charge in [0.25, 0.3) is 0 Å². The Labute approximate surface area is 142 Å². The second kappa shape index (κ2) is 5.68. The average molecular weight is 325 g/mol. The van der Waals surface area contributed by atoms with Crippen molar-refractivity contribution in [1.82, 2.24) is 9.55 Å². The van der Waals surface area contributed by atoms with Gasteiger partial charge in [-0.15, -0.1) is 0 Å². The van der Waals surface area contributed by atoms with Crippen LogP contribution in [0.25, 0.3) is 22.2 Å². The highest BCUT2D eigenvalue weighted by molar-refractivity contribution is 6.30. The van der Waals surface area contributed by atoms with Gasteiger partial charge in [0.1, 0.15) is 0 Å². The van der Waals surface area contributed by atoms with Crippen molar-refractivity contribution in [1.29, 1.82) is 0 Å². The Kier molecular flexibility index (Phi) is 3.65. The molecule has 0 spiro atoms. The fourth-order valence-electron chi connectivity index (χ4n) is 3.58. The molecule has 0 bridgehead atoms. The summed E-state index contributed by atoms with van der Waals surface area (Å²) in [4.78, 5) is 4.71. The number of nitrogens with zero attached hydrogens (tertiary/aromatic N) is 2. The van der Waals surface area contributed by atoms with Crippen LogP contribution >= 0.6 is 11.6 Å². The summed E-state index contributed by atoms with van der Waals surface area (Å²) < 4.78 is 2.49. The zero-order chi connectivity index (χ0) is 16.0. The highest BCUT2D eigenvalue weighted by Crippen LogP contribution is 2.36. The molecule has 23 heavy (non-hydrogen) atoms. The molecule has 0 aliphatic heterocycles. The summed E-state index contributed by atoms with van der Waals surface area (Å²) in [7, 11) is 0. The van der Waals surface area contributed by atoms with Crippen LogP contribution in [0, 0.1) is 19.8 Å². The van der Waals surface area contributed by atoms with Gasteiger partial charge >= 0.3 is 0 Å². The summed E-state index contributed by atoms with van der Waals surface area (Å²) in [5, 5.41) is 2.08. The van der Waals surface area contributed by atoms with E-state index in [0.717, 1.165) is 28.7 Å². The molecule has 2 heterocycles. The monoisotopic (exact) mass is 324 g/mol. The average Bonchev–Trinajstić information content (AvgIpc) is 2.76. The van der Waals surface area contributed by atoms with Gasteiger partial charge in [0.05, 0.1) is 11.2 Å². The second-order valence-corrected chi connectivity index (χ2v) is 7.12. The molecule has 0 N–H and O–H groups in total. The highest BCUT2D eigenvalue weighted by atomic mass is 35.5. The van der Waals surface area contributed by atoms with Gasteiger partial charge in [-0.2, -0.15) is 0 Å². The van der Waals surface area contributed by atoms with Gasteiger partial charge in [0.2, 0.25) is 0 Å². The Bertz CT molecular complexity index is 857. The Morgan fingerprint density at radius 3 is 2.52 bits per heavy atom. The van der Waals surface area contributed by atoms with Crippen molar-refractivity contribution in [3.63, 3.8) is 0 Å². The van der Waals surface area contributed by atoms with Crippen molar-refractivity contribution in [3.8, 4) is 11.3 Å². The number of hydrogen-bond acceptors (Lipinski definition) is 1. The molecule has 2 nitrogen and oxygen atoms in total. The maximum absolute atomic E-state index is 6.05. The summed E-state index contributed by atoms with van der Waals surface area (Å²) in [5.41, 5.74) is 6.21. The predicted molar refractivity (Wildman–Crippen MR) is 97.0 cm³/mol. The van der Waals surface area contributed by atoms with Gasteiger partial charge in [-0.05, 0) is 56.4 Å². The Morgan fingerprint density at radius 1 is 1.13 bits per heavy atom. The van der Waals surface area contributed by atoms with E-state index in [0.29, 0.717) is 0 Å². The molecule has 1 saturated carbocycles. The van der Waals surface area contributed by atoms with Crippen LogP contribution < -0.4 is 0 Å². The predicted octanol–water partition coefficient (Wildman–Crippen LogP) is 5.77. The maximum Gasteiger partial charge on any atom is 0.0944 e. The normalized spacial score (nSPS) is 15.1. The number of aryl methyl sites for hydroxylation is 1. The van der Waals surface area contributed by atoms with Gasteiger partial charge in [0, 0.05) is 34.4 Å². The first-order chi connectivity index (χ1) is 11.1. The summed E-state index contributed by atoms with van der Waals surface area (Å²) in [6.45, 7) is 5.57. The number of halogens is 1. The number of fused-ring (bicyclic) bond motifs is 1. The van der Waals surface area contributed by atoms with E-state index in [-0.39, 0.29) is 0 Å². The molecule has 0 saturated heterocycles. The smallest absolute Gasteiger partial charge is 0.0944 e. The third kappa shape index (κ3) is 2.46. The number of hydrogen-bond donors (Lipinski definition) is 0. The van der Waals surface area contributed by atoms with Crippen molar-refractivity contribution >= 4 is 22.5 Å². The minimum atomic E-state index is 0.762. The lowest BCUT2D eigenvalue weighted by Crippen LogP contribution is -2.18. The molecule has 1 aromatic carbocycles. The number of aromatic nitrogens is 2. The van der Waals surface area contributed by atoms with Gasteiger partial charge in [0.15, 0.2) is 0 Å². The lowest BCUT2D eigenvalue weighted by atomic mass is 9.85. The summed E-state index contributed by atoms with van der Waals surface area (Å²) >= 11 is 6.05. The molecule has 2 aromatic heterocycles. The second-order valence-electron chi connectivity index (χ2n) is 6.68. The molecule has 3 heteroatoms. The van der Waals surface area contributed by atoms with Crippen LogP contribution in [0.4, 0.5) is 0 Å². The molecule has 1 aliphatic carbocycles. The fraction of sp³-hybridized carbons (Fsp3) is 0.350. The number of benzene rings is 1. The lowest BCUT2D eigenvalue weighted by molar-refractivity contribution is 0.278. The van der Waals surface area contributed by atoms with E-state index in [1.165, 1.54) is 41.4 Å². The molecular weight excluding hydrogens is 304 g/mol. The first-order valence-corrected chi connectivity index (χ1v) is 8.73. The summed E-state index contributed by atoms with van der Waals surface area (Å²) in [6.07, 6.45) is 6.01. The summed E-state index contributed by atoms with van der Waals surface area (Å²) in [6, 6.07) is 10.2. The SMILES string of the molecule is Cc1c(C)n(CC2CCC2)c2c(-c3ccc(Cl)cc3)nccc12. The number of pyridine rings is 1. The van der Waals surface area contributed by atoms with Gasteiger partial charge in [-0.1, -0.05) is 30.2 Å². The first-order valence-electron chi connectivity index (χ1n) is 8.35. The topological polar surface area (TPSA) is 17.8 Å². The van der Waals surface area contributed by atoms with Crippen LogP contribution in [-0.4, -0.2) is 9.55 Å². The van der Waals surface area contributed by atoms with Crippen molar-refractivity contribution < 1.29 is 0 Å². The van der Waals surface area contributed by atoms with Crippen LogP contribution in [-0.2, 0) is 6.54 Å². The van der Waals surface area contributed by atoms with Gasteiger partial charge in [-0.3, -0.25) is 4.98 Å². The molecule has 0 radical (unpaired) electrons. The zero-order valence-electron chi connectivity index (χ0n) is 13.6. The van der Waals surface area contributed by atoms with Crippen molar-refractivity contribution in [2.45, 2.75) is 39.7 Å². The minimum absolute atomic E-state index is 0.762. The van der Waals surface area contributed by atoms with Gasteiger partial charge < -0.3 is 4.57 Å². The third-order valence-electron chi connectivity index (χ3n) is 5.33. The summed E-state index contributed by atoms with van der Waals surface area (Å²) in [5.74, 6) is 0.821. The quantitative estimate of drug-likeness (QED) is 0.597. The van der Waals surface area contributed by atoms with Crippen LogP contribution in [0.15, 0.2) is 36.5 Å². The first kappa shape index (κ1) is 14.8. The Morgan fingerprint density at radius 2 is 1.87 bits per heavy atom. The molecule has 0 atom stereocenters. The van der Waals surface area contributed by atoms with Gasteiger partial charge in [-0.25, -0.2) is 0 Å². The lowest BCUT2D eigenvalue weighted by Gasteiger charge is -2.27. The van der Waals surface area contributed by atoms with E-state index in [4.69, 9.17) is 16.6 Å². The van der Waals surface area contributed by atoms with Crippen molar-refractivity contribution in [2.75, 3.05) is 0 Å². The molecular formula is C20H21ClN2. The molecule has 0 unspecified atom stereocenters. The molecule has 3 aromatic rings. The highest BCUT2D eigenvalue weighted by Gasteiger charge is 2.22. The third-order valence-corrected chi connectivity index (χ3v) is 5.58. The van der Waals surface area contributed by atoms with Crippen molar-refractivity contribution in [2.24, 2.45) is 5.92 Å². The largest absolute Gasteiger partial charge is 0.343 e. The van der Waals surface area contributed by atoms with E-state index in [2.05, 4.69) is 36.6 Å². The van der Waals surface area contributed by atoms with Crippen molar-refractivity contribution in [3.05, 3.63) is 52.8 Å². The van der Waals surface area contributed by atoms with Crippen LogP contribution in [0.3, 0.4) is 0 Å². The van der Waals surface area contributed by atoms with Crippen LogP contribution in [0.2, 0.25) is 5.02 Å². The van der Waals surface area contributed by atoms with E-state index < -0.39 is 0 Å². The van der Waals surface area contributed by atoms with E-state index in [1.807, 2.05) is 18.3 Å². The fourth-order valence-corrected chi connectivity index (χ4v) is 3.70. The minimum Gasteiger partial charge on any atom is -0.343 e. The van der Waals surface area contributed by atoms with Crippen LogP contribution in [0.5, 0.6) is 0 Å². The number of rotatable bonds is 3. The molecule has 1 fully saturated rings. The molecule has 1 aliphatic rings. The standard InChI is InChI=1S/C20H21ClN2/c1-13-14(2)23(12-15-4-3-5-15)20-18(13)10-11-22-19(20)16-6-8-17(21)9-7-16/h6-11,15H,3-5,12H2,1-2H3. The molecule has 118 valence electrons. The molecule has 4 rings (SSSR count). The van der Waals surface area contributed by atoms with E-state index in [1.54, 1.807) is 0 Å². The van der Waals surface area contributed by atoms with Crippen LogP contribution in [0.1, 0.15) is 30.5 Å². The molecule has 0 amide bonds. The Balaban J connectivity index is 1.93. The maximum atomic E-state index is 6.05. The van der Waals surface area contributed by atoms with E-state index in [9.17, 15) is 0 Å². The van der Waals surface area contributed by atoms with E-state index >= 15 is 0 Å². The Hall–Kier alpha value is -1.80.